The van der Waals surface area contributed by atoms with Crippen LogP contribution in [0.15, 0.2) is 41.6 Å². The molecule has 2 aromatic carbocycles. The van der Waals surface area contributed by atoms with E-state index < -0.39 is 17.9 Å². The zero-order valence-electron chi connectivity index (χ0n) is 21.6. The molecule has 8 nitrogen and oxygen atoms in total. The van der Waals surface area contributed by atoms with Crippen LogP contribution in [-0.2, 0) is 26.6 Å². The highest BCUT2D eigenvalue weighted by atomic mass is 32.2. The van der Waals surface area contributed by atoms with Crippen molar-refractivity contribution in [1.82, 2.24) is 5.32 Å². The molecule has 10 heteroatoms. The number of methoxy groups -OCH3 is 2. The van der Waals surface area contributed by atoms with Crippen molar-refractivity contribution >= 4 is 41.1 Å². The first-order valence-corrected chi connectivity index (χ1v) is 14.5. The van der Waals surface area contributed by atoms with Crippen molar-refractivity contribution in [2.45, 2.75) is 31.1 Å². The van der Waals surface area contributed by atoms with Crippen molar-refractivity contribution in [3.8, 4) is 22.6 Å². The number of carbonyl (C=O) groups excluding carboxylic acids is 1. The largest absolute Gasteiger partial charge is 0.496 e. The Morgan fingerprint density at radius 3 is 2.22 bits per heavy atom. The molecule has 1 aliphatic heterocycles. The molecule has 0 bridgehead atoms. The van der Waals surface area contributed by atoms with E-state index in [9.17, 15) is 14.7 Å². The van der Waals surface area contributed by atoms with E-state index in [4.69, 9.17) is 14.3 Å². The second-order valence-electron chi connectivity index (χ2n) is 8.62. The molecule has 1 fully saturated rings. The summed E-state index contributed by atoms with van der Waals surface area (Å²) in [5.74, 6) is 2.48. The number of benzene rings is 2. The van der Waals surface area contributed by atoms with Gasteiger partial charge in [-0.3, -0.25) is 4.79 Å². The zero-order chi connectivity index (χ0) is 26.8. The van der Waals surface area contributed by atoms with Crippen LogP contribution >= 0.6 is 23.5 Å². The van der Waals surface area contributed by atoms with E-state index >= 15 is 0 Å². The predicted octanol–water partition coefficient (Wildman–Crippen LogP) is 4.49. The number of hydrogen-bond acceptors (Lipinski definition) is 8. The maximum Gasteiger partial charge on any atom is 0.326 e. The van der Waals surface area contributed by atoms with E-state index in [2.05, 4.69) is 10.5 Å². The second kappa shape index (κ2) is 14.2. The van der Waals surface area contributed by atoms with Crippen molar-refractivity contribution in [3.63, 3.8) is 0 Å². The van der Waals surface area contributed by atoms with E-state index in [1.165, 1.54) is 7.11 Å². The number of oxime groups is 1. The summed E-state index contributed by atoms with van der Waals surface area (Å²) in [6.45, 7) is 0. The Morgan fingerprint density at radius 1 is 1.08 bits per heavy atom. The van der Waals surface area contributed by atoms with Gasteiger partial charge in [0, 0.05) is 18.1 Å². The maximum atomic E-state index is 13.0. The number of thioether (sulfide) groups is 2. The Morgan fingerprint density at radius 2 is 1.70 bits per heavy atom. The first-order chi connectivity index (χ1) is 17.9. The zero-order valence-corrected chi connectivity index (χ0v) is 23.2. The Labute approximate surface area is 226 Å². The summed E-state index contributed by atoms with van der Waals surface area (Å²) >= 11 is 3.55. The highest BCUT2D eigenvalue weighted by Gasteiger charge is 2.29. The third kappa shape index (κ3) is 7.58. The minimum Gasteiger partial charge on any atom is -0.496 e. The molecule has 0 spiro atoms. The summed E-state index contributed by atoms with van der Waals surface area (Å²) in [6.07, 6.45) is 3.79. The molecular weight excluding hydrogens is 512 g/mol. The number of aliphatic carboxylic acids is 1. The summed E-state index contributed by atoms with van der Waals surface area (Å²) in [5.41, 5.74) is 3.84. The molecule has 0 saturated carbocycles. The fourth-order valence-electron chi connectivity index (χ4n) is 4.35. The van der Waals surface area contributed by atoms with Crippen molar-refractivity contribution in [2.24, 2.45) is 11.1 Å². The van der Waals surface area contributed by atoms with Crippen LogP contribution in [0.1, 0.15) is 24.0 Å². The van der Waals surface area contributed by atoms with Gasteiger partial charge in [-0.25, -0.2) is 4.79 Å². The van der Waals surface area contributed by atoms with Gasteiger partial charge in [0.15, 0.2) is 0 Å². The fraction of sp³-hybridized carbons (Fsp3) is 0.444. The predicted molar refractivity (Wildman–Crippen MR) is 150 cm³/mol. The van der Waals surface area contributed by atoms with Gasteiger partial charge >= 0.3 is 5.97 Å². The molecule has 1 atom stereocenters. The van der Waals surface area contributed by atoms with Crippen molar-refractivity contribution in [3.05, 3.63) is 47.5 Å². The van der Waals surface area contributed by atoms with Gasteiger partial charge in [-0.15, -0.1) is 0 Å². The quantitative estimate of drug-likeness (QED) is 0.296. The lowest BCUT2D eigenvalue weighted by atomic mass is 9.95. The maximum absolute atomic E-state index is 13.0. The third-order valence-corrected chi connectivity index (χ3v) is 7.86. The molecular formula is C27H34N2O6S2. The van der Waals surface area contributed by atoms with E-state index in [1.807, 2.05) is 54.4 Å². The lowest BCUT2D eigenvalue weighted by Gasteiger charge is -2.23. The molecule has 2 N–H and O–H groups in total. The molecule has 3 rings (SSSR count). The van der Waals surface area contributed by atoms with Crippen molar-refractivity contribution in [1.29, 1.82) is 0 Å². The van der Waals surface area contributed by atoms with Crippen LogP contribution in [0.5, 0.6) is 11.5 Å². The van der Waals surface area contributed by atoms with Crippen molar-refractivity contribution < 1.29 is 29.0 Å². The highest BCUT2D eigenvalue weighted by Crippen LogP contribution is 2.40. The molecule has 37 heavy (non-hydrogen) atoms. The normalized spacial score (nSPS) is 15.1. The first kappa shape index (κ1) is 28.7. The van der Waals surface area contributed by atoms with Gasteiger partial charge in [-0.05, 0) is 59.4 Å². The minimum absolute atomic E-state index is 0.0396. The Bertz CT molecular complexity index is 1080. The number of rotatable bonds is 12. The van der Waals surface area contributed by atoms with Gasteiger partial charge in [0.05, 0.1) is 19.8 Å². The molecule has 0 aromatic heterocycles. The average molecular weight is 547 g/mol. The molecule has 200 valence electrons. The smallest absolute Gasteiger partial charge is 0.326 e. The standard InChI is InChI=1S/C27H34N2O6S2/c1-33-22-14-18(16-36-4)15-23(34-2)24(22)19-7-5-17(6-8-19)13-21(27(31)32)28-26(30)25(29-35-3)20-9-11-37-12-10-20/h5-8,14-15,20-21H,9-13,16H2,1-4H3,(H,28,30)(H,31,32)/t21-/m0/s1. The summed E-state index contributed by atoms with van der Waals surface area (Å²) in [5, 5.41) is 16.4. The number of carbonyl (C=O) groups is 2. The summed E-state index contributed by atoms with van der Waals surface area (Å²) in [7, 11) is 4.65. The third-order valence-electron chi connectivity index (χ3n) is 6.19. The van der Waals surface area contributed by atoms with E-state index in [0.29, 0.717) is 11.5 Å². The number of nitrogens with zero attached hydrogens (tertiary/aromatic N) is 1. The van der Waals surface area contributed by atoms with E-state index in [-0.39, 0.29) is 18.1 Å². The van der Waals surface area contributed by atoms with Gasteiger partial charge in [0.1, 0.15) is 30.4 Å². The Hall–Kier alpha value is -2.85. The second-order valence-corrected chi connectivity index (χ2v) is 10.7. The molecule has 1 amide bonds. The molecule has 0 aliphatic carbocycles. The number of carboxylic acids is 1. The number of nitrogens with one attached hydrogen (secondary N) is 1. The van der Waals surface area contributed by atoms with Crippen LogP contribution in [0.25, 0.3) is 11.1 Å². The SMILES string of the molecule is CON=C(C(=O)N[C@@H](Cc1ccc(-c2c(OC)cc(CSC)cc2OC)cc1)C(=O)O)C1CCSCC1. The van der Waals surface area contributed by atoms with Gasteiger partial charge in [0.25, 0.3) is 5.91 Å². The monoisotopic (exact) mass is 546 g/mol. The molecule has 1 heterocycles. The molecule has 0 unspecified atom stereocenters. The summed E-state index contributed by atoms with van der Waals surface area (Å²) in [6, 6.07) is 10.4. The van der Waals surface area contributed by atoms with Crippen LogP contribution in [0.2, 0.25) is 0 Å². The average Bonchev–Trinajstić information content (AvgIpc) is 2.91. The lowest BCUT2D eigenvalue weighted by molar-refractivity contribution is -0.141. The van der Waals surface area contributed by atoms with Crippen molar-refractivity contribution in [2.75, 3.05) is 39.1 Å². The van der Waals surface area contributed by atoms with Crippen LogP contribution in [0.3, 0.4) is 0 Å². The van der Waals surface area contributed by atoms with Gasteiger partial charge in [-0.1, -0.05) is 29.4 Å². The Kier molecular flexibility index (Phi) is 11.0. The minimum atomic E-state index is -1.11. The van der Waals surface area contributed by atoms with Gasteiger partial charge in [0.2, 0.25) is 0 Å². The topological polar surface area (TPSA) is 106 Å². The van der Waals surface area contributed by atoms with Crippen LogP contribution in [-0.4, -0.2) is 67.8 Å². The summed E-state index contributed by atoms with van der Waals surface area (Å²) in [4.78, 5) is 29.9. The van der Waals surface area contributed by atoms with Crippen LogP contribution in [0.4, 0.5) is 0 Å². The van der Waals surface area contributed by atoms with Gasteiger partial charge in [-0.2, -0.15) is 23.5 Å². The number of ether oxygens (including phenoxy) is 2. The Balaban J connectivity index is 1.79. The summed E-state index contributed by atoms with van der Waals surface area (Å²) < 4.78 is 11.3. The number of carboxylic acid groups (broad SMARTS) is 1. The molecule has 1 aliphatic rings. The number of amides is 1. The highest BCUT2D eigenvalue weighted by molar-refractivity contribution is 7.99. The number of hydrogen-bond donors (Lipinski definition) is 2. The molecule has 2 aromatic rings. The first-order valence-electron chi connectivity index (χ1n) is 12.0. The molecule has 0 radical (unpaired) electrons. The van der Waals surface area contributed by atoms with Crippen LogP contribution < -0.4 is 14.8 Å². The van der Waals surface area contributed by atoms with Gasteiger partial charge < -0.3 is 24.7 Å². The van der Waals surface area contributed by atoms with Crippen LogP contribution in [0, 0.1) is 5.92 Å². The fourth-order valence-corrected chi connectivity index (χ4v) is 5.95. The van der Waals surface area contributed by atoms with E-state index in [0.717, 1.165) is 52.4 Å². The van der Waals surface area contributed by atoms with E-state index in [1.54, 1.807) is 26.0 Å². The molecule has 1 saturated heterocycles. The lowest BCUT2D eigenvalue weighted by Crippen LogP contribution is -2.47.